The van der Waals surface area contributed by atoms with Gasteiger partial charge in [0.25, 0.3) is 0 Å². The van der Waals surface area contributed by atoms with Crippen molar-refractivity contribution in [3.05, 3.63) is 30.1 Å². The summed E-state index contributed by atoms with van der Waals surface area (Å²) in [5, 5.41) is 5.41. The second-order valence-electron chi connectivity index (χ2n) is 4.92. The first-order valence-corrected chi connectivity index (χ1v) is 6.43. The number of pyridine rings is 1. The summed E-state index contributed by atoms with van der Waals surface area (Å²) in [5.41, 5.74) is -0.243. The van der Waals surface area contributed by atoms with Crippen molar-refractivity contribution in [2.75, 3.05) is 20.3 Å². The summed E-state index contributed by atoms with van der Waals surface area (Å²) in [6.07, 6.45) is 3.34. The van der Waals surface area contributed by atoms with Gasteiger partial charge in [-0.1, -0.05) is 6.07 Å². The van der Waals surface area contributed by atoms with Gasteiger partial charge in [0.1, 0.15) is 5.41 Å². The minimum atomic E-state index is -1.13. The van der Waals surface area contributed by atoms with Crippen LogP contribution in [-0.2, 0) is 20.9 Å². The van der Waals surface area contributed by atoms with Crippen LogP contribution in [-0.4, -0.2) is 37.1 Å². The molecule has 1 aromatic heterocycles. The molecule has 0 fully saturated rings. The molecule has 0 bridgehead atoms. The van der Waals surface area contributed by atoms with E-state index in [1.807, 2.05) is 6.07 Å². The van der Waals surface area contributed by atoms with Gasteiger partial charge >= 0.3 is 0 Å². The molecule has 0 aromatic carbocycles. The van der Waals surface area contributed by atoms with Crippen LogP contribution in [0.3, 0.4) is 0 Å². The van der Waals surface area contributed by atoms with Crippen molar-refractivity contribution in [2.45, 2.75) is 20.4 Å². The Bertz CT molecular complexity index is 446. The highest BCUT2D eigenvalue weighted by molar-refractivity contribution is 6.04. The van der Waals surface area contributed by atoms with Gasteiger partial charge in [0.05, 0.1) is 6.61 Å². The summed E-state index contributed by atoms with van der Waals surface area (Å²) >= 11 is 0. The number of aromatic nitrogens is 1. The van der Waals surface area contributed by atoms with E-state index >= 15 is 0 Å². The van der Waals surface area contributed by atoms with E-state index in [2.05, 4.69) is 15.6 Å². The molecule has 0 spiro atoms. The SMILES string of the molecule is COCCNC(=O)C(C)(C)C(=O)NCc1cccnc1. The third-order valence-corrected chi connectivity index (χ3v) is 2.90. The Morgan fingerprint density at radius 2 is 2.00 bits per heavy atom. The van der Waals surface area contributed by atoms with Crippen molar-refractivity contribution in [2.24, 2.45) is 5.41 Å². The van der Waals surface area contributed by atoms with Gasteiger partial charge in [-0.3, -0.25) is 14.6 Å². The van der Waals surface area contributed by atoms with Gasteiger partial charge in [0.15, 0.2) is 0 Å². The van der Waals surface area contributed by atoms with Crippen molar-refractivity contribution >= 4 is 11.8 Å². The van der Waals surface area contributed by atoms with Crippen LogP contribution >= 0.6 is 0 Å². The molecule has 1 rings (SSSR count). The lowest BCUT2D eigenvalue weighted by atomic mass is 9.91. The van der Waals surface area contributed by atoms with Crippen molar-refractivity contribution in [3.63, 3.8) is 0 Å². The van der Waals surface area contributed by atoms with E-state index in [0.29, 0.717) is 19.7 Å². The number of nitrogens with zero attached hydrogens (tertiary/aromatic N) is 1. The van der Waals surface area contributed by atoms with Crippen LogP contribution in [0.15, 0.2) is 24.5 Å². The normalized spacial score (nSPS) is 10.9. The molecule has 20 heavy (non-hydrogen) atoms. The predicted octanol–water partition coefficient (Wildman–Crippen LogP) is 0.487. The molecular formula is C14H21N3O3. The second kappa shape index (κ2) is 7.59. The van der Waals surface area contributed by atoms with Crippen LogP contribution in [0.5, 0.6) is 0 Å². The lowest BCUT2D eigenvalue weighted by Crippen LogP contribution is -2.48. The number of rotatable bonds is 7. The molecule has 0 radical (unpaired) electrons. The topological polar surface area (TPSA) is 80.3 Å². The van der Waals surface area contributed by atoms with Crippen molar-refractivity contribution < 1.29 is 14.3 Å². The summed E-state index contributed by atoms with van der Waals surface area (Å²) < 4.78 is 4.85. The summed E-state index contributed by atoms with van der Waals surface area (Å²) in [6, 6.07) is 3.66. The number of hydrogen-bond acceptors (Lipinski definition) is 4. The number of carbonyl (C=O) groups excluding carboxylic acids is 2. The predicted molar refractivity (Wildman–Crippen MR) is 74.8 cm³/mol. The summed E-state index contributed by atoms with van der Waals surface area (Å²) in [5.74, 6) is -0.644. The minimum absolute atomic E-state index is 0.321. The average Bonchev–Trinajstić information content (AvgIpc) is 2.45. The van der Waals surface area contributed by atoms with Crippen LogP contribution in [0.4, 0.5) is 0 Å². The molecule has 6 heteroatoms. The van der Waals surface area contributed by atoms with Crippen LogP contribution in [0.25, 0.3) is 0 Å². The average molecular weight is 279 g/mol. The van der Waals surface area contributed by atoms with E-state index in [1.165, 1.54) is 0 Å². The van der Waals surface area contributed by atoms with Crippen molar-refractivity contribution in [1.29, 1.82) is 0 Å². The molecular weight excluding hydrogens is 258 g/mol. The Hall–Kier alpha value is -1.95. The molecule has 110 valence electrons. The largest absolute Gasteiger partial charge is 0.383 e. The maximum Gasteiger partial charge on any atom is 0.235 e. The van der Waals surface area contributed by atoms with Gasteiger partial charge in [-0.05, 0) is 25.5 Å². The number of amides is 2. The zero-order valence-corrected chi connectivity index (χ0v) is 12.1. The van der Waals surface area contributed by atoms with Gasteiger partial charge in [0, 0.05) is 32.6 Å². The fourth-order valence-electron chi connectivity index (χ4n) is 1.50. The van der Waals surface area contributed by atoms with E-state index in [-0.39, 0.29) is 11.8 Å². The van der Waals surface area contributed by atoms with Crippen LogP contribution in [0.1, 0.15) is 19.4 Å². The smallest absolute Gasteiger partial charge is 0.235 e. The summed E-state index contributed by atoms with van der Waals surface area (Å²) in [6.45, 7) is 4.33. The quantitative estimate of drug-likeness (QED) is 0.562. The monoisotopic (exact) mass is 279 g/mol. The van der Waals surface area contributed by atoms with Crippen LogP contribution < -0.4 is 10.6 Å². The van der Waals surface area contributed by atoms with Crippen molar-refractivity contribution in [1.82, 2.24) is 15.6 Å². The summed E-state index contributed by atoms with van der Waals surface area (Å²) in [7, 11) is 1.55. The fraction of sp³-hybridized carbons (Fsp3) is 0.500. The van der Waals surface area contributed by atoms with Crippen molar-refractivity contribution in [3.8, 4) is 0 Å². The van der Waals surface area contributed by atoms with E-state index in [4.69, 9.17) is 4.74 Å². The molecule has 0 atom stereocenters. The molecule has 0 unspecified atom stereocenters. The van der Waals surface area contributed by atoms with E-state index < -0.39 is 5.41 Å². The Morgan fingerprint density at radius 3 is 2.60 bits per heavy atom. The molecule has 2 N–H and O–H groups in total. The minimum Gasteiger partial charge on any atom is -0.383 e. The van der Waals surface area contributed by atoms with E-state index in [9.17, 15) is 9.59 Å². The first-order valence-electron chi connectivity index (χ1n) is 6.43. The third-order valence-electron chi connectivity index (χ3n) is 2.90. The highest BCUT2D eigenvalue weighted by Crippen LogP contribution is 2.15. The maximum absolute atomic E-state index is 12.1. The molecule has 0 saturated carbocycles. The Kier molecular flexibility index (Phi) is 6.11. The van der Waals surface area contributed by atoms with Crippen LogP contribution in [0.2, 0.25) is 0 Å². The molecule has 0 aliphatic heterocycles. The maximum atomic E-state index is 12.1. The Morgan fingerprint density at radius 1 is 1.30 bits per heavy atom. The number of nitrogens with one attached hydrogen (secondary N) is 2. The first kappa shape index (κ1) is 16.1. The number of ether oxygens (including phenoxy) is 1. The molecule has 2 amide bonds. The van der Waals surface area contributed by atoms with Crippen LogP contribution in [0, 0.1) is 5.41 Å². The fourth-order valence-corrected chi connectivity index (χ4v) is 1.50. The highest BCUT2D eigenvalue weighted by Gasteiger charge is 2.35. The molecule has 6 nitrogen and oxygen atoms in total. The zero-order chi connectivity index (χ0) is 15.0. The van der Waals surface area contributed by atoms with Gasteiger partial charge in [0.2, 0.25) is 11.8 Å². The highest BCUT2D eigenvalue weighted by atomic mass is 16.5. The molecule has 0 aliphatic rings. The molecule has 1 aromatic rings. The van der Waals surface area contributed by atoms with E-state index in [1.54, 1.807) is 39.4 Å². The Balaban J connectivity index is 2.49. The van der Waals surface area contributed by atoms with Gasteiger partial charge in [-0.2, -0.15) is 0 Å². The van der Waals surface area contributed by atoms with Gasteiger partial charge in [-0.15, -0.1) is 0 Å². The zero-order valence-electron chi connectivity index (χ0n) is 12.1. The number of carbonyl (C=O) groups is 2. The summed E-state index contributed by atoms with van der Waals surface area (Å²) in [4.78, 5) is 28.0. The number of methoxy groups -OCH3 is 1. The lowest BCUT2D eigenvalue weighted by Gasteiger charge is -2.22. The number of hydrogen-bond donors (Lipinski definition) is 2. The Labute approximate surface area is 118 Å². The second-order valence-corrected chi connectivity index (χ2v) is 4.92. The lowest BCUT2D eigenvalue weighted by molar-refractivity contribution is -0.141. The van der Waals surface area contributed by atoms with E-state index in [0.717, 1.165) is 5.56 Å². The van der Waals surface area contributed by atoms with Gasteiger partial charge < -0.3 is 15.4 Å². The molecule has 1 heterocycles. The van der Waals surface area contributed by atoms with Gasteiger partial charge in [-0.25, -0.2) is 0 Å². The third kappa shape index (κ3) is 4.62. The standard InChI is InChI=1S/C14H21N3O3/c1-14(2,12(18)16-7-8-20-3)13(19)17-10-11-5-4-6-15-9-11/h4-6,9H,7-8,10H2,1-3H3,(H,16,18)(H,17,19). The molecule has 0 aliphatic carbocycles. The first-order chi connectivity index (χ1) is 9.48. The molecule has 0 saturated heterocycles.